The average Bonchev–Trinajstić information content (AvgIpc) is 2.57. The number of nitrogens with two attached hydrogens (primary N) is 1. The molecule has 2 aromatic heterocycles. The van der Waals surface area contributed by atoms with Crippen molar-refractivity contribution in [2.24, 2.45) is 0 Å². The van der Waals surface area contributed by atoms with E-state index < -0.39 is 0 Å². The number of nitrogens with zero attached hydrogens (tertiary/aromatic N) is 2. The maximum atomic E-state index is 5.60. The molecule has 2 heterocycles. The summed E-state index contributed by atoms with van der Waals surface area (Å²) in [7, 11) is 0. The molecule has 0 aromatic carbocycles. The zero-order valence-corrected chi connectivity index (χ0v) is 8.93. The third kappa shape index (κ3) is 1.61. The Balaban J connectivity index is 2.47. The van der Waals surface area contributed by atoms with Gasteiger partial charge in [-0.15, -0.1) is 21.5 Å². The number of nitrogen functional groups attached to an aromatic ring is 1. The summed E-state index contributed by atoms with van der Waals surface area (Å²) in [6.07, 6.45) is 0. The number of aryl methyl sites for hydroxylation is 2. The molecule has 4 heteroatoms. The summed E-state index contributed by atoms with van der Waals surface area (Å²) in [6.45, 7) is 4.01. The number of thiophene rings is 1. The van der Waals surface area contributed by atoms with Gasteiger partial charge in [0.15, 0.2) is 0 Å². The van der Waals surface area contributed by atoms with Crippen molar-refractivity contribution < 1.29 is 0 Å². The van der Waals surface area contributed by atoms with Gasteiger partial charge in [-0.2, -0.15) is 0 Å². The van der Waals surface area contributed by atoms with Crippen LogP contribution in [-0.2, 0) is 0 Å². The van der Waals surface area contributed by atoms with E-state index in [2.05, 4.69) is 28.6 Å². The zero-order chi connectivity index (χ0) is 10.1. The predicted molar refractivity (Wildman–Crippen MR) is 59.2 cm³/mol. The topological polar surface area (TPSA) is 51.8 Å². The van der Waals surface area contributed by atoms with Gasteiger partial charge in [-0.05, 0) is 42.5 Å². The first-order valence-corrected chi connectivity index (χ1v) is 5.20. The van der Waals surface area contributed by atoms with Crippen molar-refractivity contribution in [1.29, 1.82) is 0 Å². The molecular weight excluding hydrogens is 194 g/mol. The summed E-state index contributed by atoms with van der Waals surface area (Å²) < 4.78 is 0. The molecule has 72 valence electrons. The molecule has 0 amide bonds. The van der Waals surface area contributed by atoms with E-state index in [-0.39, 0.29) is 0 Å². The molecule has 0 spiro atoms. The molecule has 0 saturated carbocycles. The number of rotatable bonds is 1. The Kier molecular flexibility index (Phi) is 2.21. The highest BCUT2D eigenvalue weighted by molar-refractivity contribution is 7.13. The molecule has 14 heavy (non-hydrogen) atoms. The van der Waals surface area contributed by atoms with Crippen molar-refractivity contribution in [3.8, 4) is 10.6 Å². The van der Waals surface area contributed by atoms with Gasteiger partial charge in [0.25, 0.3) is 0 Å². The van der Waals surface area contributed by atoms with Crippen LogP contribution in [0.5, 0.6) is 0 Å². The fourth-order valence-corrected chi connectivity index (χ4v) is 2.04. The largest absolute Gasteiger partial charge is 0.382 e. The first-order valence-electron chi connectivity index (χ1n) is 4.32. The van der Waals surface area contributed by atoms with E-state index in [1.807, 2.05) is 13.0 Å². The number of hydrogen-bond donors (Lipinski definition) is 1. The smallest absolute Gasteiger partial charge is 0.149 e. The van der Waals surface area contributed by atoms with Gasteiger partial charge in [0.1, 0.15) is 11.5 Å². The molecule has 0 fully saturated rings. The fourth-order valence-electron chi connectivity index (χ4n) is 1.18. The predicted octanol–water partition coefficient (Wildman–Crippen LogP) is 2.40. The van der Waals surface area contributed by atoms with E-state index in [4.69, 9.17) is 5.73 Å². The second-order valence-electron chi connectivity index (χ2n) is 3.29. The van der Waals surface area contributed by atoms with Crippen molar-refractivity contribution >= 4 is 17.2 Å². The molecular formula is C10H11N3S. The molecule has 0 unspecified atom stereocenters. The zero-order valence-electron chi connectivity index (χ0n) is 8.11. The number of aromatic nitrogens is 2. The highest BCUT2D eigenvalue weighted by Gasteiger charge is 2.04. The van der Waals surface area contributed by atoms with Gasteiger partial charge in [0, 0.05) is 0 Å². The maximum Gasteiger partial charge on any atom is 0.149 e. The van der Waals surface area contributed by atoms with E-state index in [1.54, 1.807) is 11.3 Å². The molecule has 2 rings (SSSR count). The second-order valence-corrected chi connectivity index (χ2v) is 4.20. The highest BCUT2D eigenvalue weighted by atomic mass is 32.1. The molecule has 0 aliphatic rings. The standard InChI is InChI=1S/C10H11N3S/c1-6-3-9(14-5-6)8-4-7(2)10(11)13-12-8/h3-5H,1-2H3,(H2,11,13). The molecule has 0 radical (unpaired) electrons. The quantitative estimate of drug-likeness (QED) is 0.777. The lowest BCUT2D eigenvalue weighted by atomic mass is 10.2. The van der Waals surface area contributed by atoms with Gasteiger partial charge in [0.2, 0.25) is 0 Å². The van der Waals surface area contributed by atoms with E-state index in [1.165, 1.54) is 5.56 Å². The Morgan fingerprint density at radius 2 is 2.00 bits per heavy atom. The third-order valence-corrected chi connectivity index (χ3v) is 3.08. The Hall–Kier alpha value is -1.42. The Bertz CT molecular complexity index is 462. The lowest BCUT2D eigenvalue weighted by Gasteiger charge is -1.99. The molecule has 3 nitrogen and oxygen atoms in total. The van der Waals surface area contributed by atoms with Crippen molar-refractivity contribution in [2.75, 3.05) is 5.73 Å². The van der Waals surface area contributed by atoms with E-state index in [0.717, 1.165) is 16.1 Å². The van der Waals surface area contributed by atoms with Crippen LogP contribution in [0.4, 0.5) is 5.82 Å². The first-order chi connectivity index (χ1) is 6.66. The lowest BCUT2D eigenvalue weighted by molar-refractivity contribution is 1.04. The number of hydrogen-bond acceptors (Lipinski definition) is 4. The van der Waals surface area contributed by atoms with Crippen LogP contribution in [0, 0.1) is 13.8 Å². The van der Waals surface area contributed by atoms with Crippen LogP contribution < -0.4 is 5.73 Å². The third-order valence-electron chi connectivity index (χ3n) is 2.01. The van der Waals surface area contributed by atoms with Crippen LogP contribution in [0.1, 0.15) is 11.1 Å². The van der Waals surface area contributed by atoms with E-state index in [9.17, 15) is 0 Å². The summed E-state index contributed by atoms with van der Waals surface area (Å²) >= 11 is 1.67. The molecule has 0 bridgehead atoms. The normalized spacial score (nSPS) is 10.4. The Labute approximate surface area is 86.6 Å². The van der Waals surface area contributed by atoms with Crippen LogP contribution in [-0.4, -0.2) is 10.2 Å². The van der Waals surface area contributed by atoms with Gasteiger partial charge in [-0.1, -0.05) is 0 Å². The lowest BCUT2D eigenvalue weighted by Crippen LogP contribution is -1.97. The summed E-state index contributed by atoms with van der Waals surface area (Å²) in [5, 5.41) is 10.1. The minimum Gasteiger partial charge on any atom is -0.382 e. The van der Waals surface area contributed by atoms with Crippen molar-refractivity contribution in [2.45, 2.75) is 13.8 Å². The van der Waals surface area contributed by atoms with Gasteiger partial charge in [-0.25, -0.2) is 0 Å². The molecule has 0 saturated heterocycles. The van der Waals surface area contributed by atoms with Gasteiger partial charge in [-0.3, -0.25) is 0 Å². The van der Waals surface area contributed by atoms with Crippen molar-refractivity contribution in [3.63, 3.8) is 0 Å². The highest BCUT2D eigenvalue weighted by Crippen LogP contribution is 2.25. The summed E-state index contributed by atoms with van der Waals surface area (Å²) in [5.41, 5.74) is 8.72. The van der Waals surface area contributed by atoms with Gasteiger partial charge >= 0.3 is 0 Å². The van der Waals surface area contributed by atoms with Crippen molar-refractivity contribution in [3.05, 3.63) is 28.6 Å². The van der Waals surface area contributed by atoms with Crippen LogP contribution in [0.25, 0.3) is 10.6 Å². The minimum absolute atomic E-state index is 0.502. The Morgan fingerprint density at radius 3 is 2.57 bits per heavy atom. The molecule has 2 N–H and O–H groups in total. The van der Waals surface area contributed by atoms with Crippen LogP contribution >= 0.6 is 11.3 Å². The minimum atomic E-state index is 0.502. The maximum absolute atomic E-state index is 5.60. The summed E-state index contributed by atoms with van der Waals surface area (Å²) in [5.74, 6) is 0.502. The van der Waals surface area contributed by atoms with Crippen LogP contribution in [0.3, 0.4) is 0 Å². The van der Waals surface area contributed by atoms with Crippen LogP contribution in [0.15, 0.2) is 17.5 Å². The fraction of sp³-hybridized carbons (Fsp3) is 0.200. The SMILES string of the molecule is Cc1csc(-c2cc(C)c(N)nn2)c1. The summed E-state index contributed by atoms with van der Waals surface area (Å²) in [4.78, 5) is 1.14. The van der Waals surface area contributed by atoms with Crippen LogP contribution in [0.2, 0.25) is 0 Å². The Morgan fingerprint density at radius 1 is 1.21 bits per heavy atom. The average molecular weight is 205 g/mol. The molecule has 2 aromatic rings. The van der Waals surface area contributed by atoms with E-state index >= 15 is 0 Å². The second kappa shape index (κ2) is 3.38. The van der Waals surface area contributed by atoms with E-state index in [0.29, 0.717) is 5.82 Å². The first kappa shape index (κ1) is 9.15. The van der Waals surface area contributed by atoms with Gasteiger partial charge in [0.05, 0.1) is 4.88 Å². The van der Waals surface area contributed by atoms with Gasteiger partial charge < -0.3 is 5.73 Å². The van der Waals surface area contributed by atoms with Crippen molar-refractivity contribution in [1.82, 2.24) is 10.2 Å². The molecule has 0 atom stereocenters. The summed E-state index contributed by atoms with van der Waals surface area (Å²) in [6, 6.07) is 4.07. The monoisotopic (exact) mass is 205 g/mol. The molecule has 0 aliphatic heterocycles. The molecule has 0 aliphatic carbocycles. The number of anilines is 1.